The number of hydrogen-bond donors (Lipinski definition) is 0. The van der Waals surface area contributed by atoms with E-state index < -0.39 is 0 Å². The minimum absolute atomic E-state index is 0.154. The van der Waals surface area contributed by atoms with Crippen LogP contribution in [0.15, 0.2) is 41.1 Å². The van der Waals surface area contributed by atoms with Crippen molar-refractivity contribution in [1.82, 2.24) is 15.0 Å². The average molecular weight is 315 g/mol. The van der Waals surface area contributed by atoms with Gasteiger partial charge in [0.25, 0.3) is 0 Å². The van der Waals surface area contributed by atoms with E-state index in [9.17, 15) is 0 Å². The van der Waals surface area contributed by atoms with Crippen molar-refractivity contribution in [2.24, 2.45) is 0 Å². The molecule has 23 heavy (non-hydrogen) atoms. The van der Waals surface area contributed by atoms with Crippen LogP contribution in [-0.4, -0.2) is 54.9 Å². The molecule has 1 saturated heterocycles. The number of likely N-dealkylation sites (N-methyl/N-ethyl adjacent to an activating group) is 2. The number of aromatic nitrogens is 1. The summed E-state index contributed by atoms with van der Waals surface area (Å²) in [5.74, 6) is 0.887. The van der Waals surface area contributed by atoms with Gasteiger partial charge in [-0.2, -0.15) is 0 Å². The molecule has 0 bridgehead atoms. The lowest BCUT2D eigenvalue weighted by Crippen LogP contribution is -2.47. The molecule has 1 aromatic carbocycles. The number of ether oxygens (including phenoxy) is 1. The van der Waals surface area contributed by atoms with Gasteiger partial charge >= 0.3 is 0 Å². The van der Waals surface area contributed by atoms with Crippen LogP contribution in [0.2, 0.25) is 0 Å². The van der Waals surface area contributed by atoms with Gasteiger partial charge in [0.1, 0.15) is 5.76 Å². The maximum absolute atomic E-state index is 6.11. The summed E-state index contributed by atoms with van der Waals surface area (Å²) < 4.78 is 11.3. The highest BCUT2D eigenvalue weighted by molar-refractivity contribution is 5.21. The Kier molecular flexibility index (Phi) is 5.10. The molecule has 2 atom stereocenters. The van der Waals surface area contributed by atoms with Crippen LogP contribution in [0, 0.1) is 6.92 Å². The summed E-state index contributed by atoms with van der Waals surface area (Å²) in [6.07, 6.45) is 1.95. The largest absolute Gasteiger partial charge is 0.374 e. The van der Waals surface area contributed by atoms with Gasteiger partial charge in [0.2, 0.25) is 0 Å². The molecular formula is C18H25N3O2. The minimum Gasteiger partial charge on any atom is -0.374 e. The van der Waals surface area contributed by atoms with Gasteiger partial charge in [-0.25, -0.2) is 0 Å². The fourth-order valence-corrected chi connectivity index (χ4v) is 3.27. The van der Waals surface area contributed by atoms with Crippen molar-refractivity contribution in [3.63, 3.8) is 0 Å². The second kappa shape index (κ2) is 7.25. The van der Waals surface area contributed by atoms with E-state index in [4.69, 9.17) is 9.26 Å². The van der Waals surface area contributed by atoms with Gasteiger partial charge < -0.3 is 9.26 Å². The van der Waals surface area contributed by atoms with Gasteiger partial charge in [-0.3, -0.25) is 9.80 Å². The van der Waals surface area contributed by atoms with Crippen LogP contribution in [-0.2, 0) is 11.3 Å². The first-order valence-electron chi connectivity index (χ1n) is 8.10. The molecule has 1 aliphatic heterocycles. The third-order valence-corrected chi connectivity index (χ3v) is 4.53. The summed E-state index contributed by atoms with van der Waals surface area (Å²) in [6, 6.07) is 10.9. The molecule has 0 aliphatic carbocycles. The number of aryl methyl sites for hydroxylation is 1. The third-order valence-electron chi connectivity index (χ3n) is 4.53. The second-order valence-electron chi connectivity index (χ2n) is 6.35. The quantitative estimate of drug-likeness (QED) is 0.848. The van der Waals surface area contributed by atoms with Crippen LogP contribution in [0.1, 0.15) is 22.9 Å². The molecule has 1 aliphatic rings. The Hall–Kier alpha value is -1.69. The molecule has 0 unspecified atom stereocenters. The van der Waals surface area contributed by atoms with Gasteiger partial charge in [-0.15, -0.1) is 0 Å². The molecule has 5 heteroatoms. The molecule has 0 radical (unpaired) electrons. The van der Waals surface area contributed by atoms with E-state index in [1.54, 1.807) is 6.20 Å². The highest BCUT2D eigenvalue weighted by Crippen LogP contribution is 2.29. The highest BCUT2D eigenvalue weighted by atomic mass is 16.5. The Labute approximate surface area is 137 Å². The van der Waals surface area contributed by atoms with E-state index >= 15 is 0 Å². The van der Waals surface area contributed by atoms with Crippen LogP contribution in [0.5, 0.6) is 0 Å². The average Bonchev–Trinajstić information content (AvgIpc) is 2.93. The Bertz CT molecular complexity index is 614. The number of hydrogen-bond acceptors (Lipinski definition) is 5. The number of nitrogens with zero attached hydrogens (tertiary/aromatic N) is 3. The molecule has 1 aromatic heterocycles. The van der Waals surface area contributed by atoms with Gasteiger partial charge in [0.15, 0.2) is 0 Å². The lowest BCUT2D eigenvalue weighted by Gasteiger charge is -2.41. The molecule has 0 spiro atoms. The van der Waals surface area contributed by atoms with Crippen molar-refractivity contribution in [1.29, 1.82) is 0 Å². The first-order chi connectivity index (χ1) is 11.1. The molecule has 2 aromatic rings. The van der Waals surface area contributed by atoms with E-state index in [0.717, 1.165) is 37.6 Å². The second-order valence-corrected chi connectivity index (χ2v) is 6.35. The summed E-state index contributed by atoms with van der Waals surface area (Å²) in [6.45, 7) is 5.39. The zero-order valence-corrected chi connectivity index (χ0v) is 14.1. The lowest BCUT2D eigenvalue weighted by molar-refractivity contribution is -0.0743. The summed E-state index contributed by atoms with van der Waals surface area (Å²) in [5.41, 5.74) is 2.45. The van der Waals surface area contributed by atoms with Crippen LogP contribution in [0.4, 0.5) is 0 Å². The normalized spacial score (nSPS) is 22.6. The van der Waals surface area contributed by atoms with E-state index in [0.29, 0.717) is 0 Å². The predicted molar refractivity (Wildman–Crippen MR) is 89.1 cm³/mol. The third kappa shape index (κ3) is 3.80. The topological polar surface area (TPSA) is 41.7 Å². The number of benzene rings is 1. The predicted octanol–water partition coefficient (Wildman–Crippen LogP) is 2.49. The maximum atomic E-state index is 6.11. The van der Waals surface area contributed by atoms with Crippen molar-refractivity contribution in [2.45, 2.75) is 25.6 Å². The van der Waals surface area contributed by atoms with Crippen LogP contribution in [0.3, 0.4) is 0 Å². The van der Waals surface area contributed by atoms with Gasteiger partial charge in [-0.1, -0.05) is 35.5 Å². The van der Waals surface area contributed by atoms with Crippen molar-refractivity contribution in [2.75, 3.05) is 33.8 Å². The fourth-order valence-electron chi connectivity index (χ4n) is 3.27. The van der Waals surface area contributed by atoms with Crippen molar-refractivity contribution in [3.05, 3.63) is 53.4 Å². The molecule has 1 fully saturated rings. The number of morpholine rings is 1. The standard InChI is InChI=1S/C18H25N3O2/c1-14-16(11-19-23-14)12-20(2)13-17-18(21(3)9-10-22-17)15-7-5-4-6-8-15/h4-8,11,17-18H,9-10,12-13H2,1-3H3/t17-,18-/m0/s1. The molecule has 0 N–H and O–H groups in total. The molecule has 5 nitrogen and oxygen atoms in total. The van der Waals surface area contributed by atoms with Crippen molar-refractivity contribution >= 4 is 0 Å². The van der Waals surface area contributed by atoms with Crippen molar-refractivity contribution < 1.29 is 9.26 Å². The Morgan fingerprint density at radius 3 is 2.78 bits per heavy atom. The van der Waals surface area contributed by atoms with E-state index in [1.165, 1.54) is 5.56 Å². The highest BCUT2D eigenvalue weighted by Gasteiger charge is 2.32. The lowest BCUT2D eigenvalue weighted by atomic mass is 9.98. The summed E-state index contributed by atoms with van der Waals surface area (Å²) in [4.78, 5) is 4.67. The number of rotatable bonds is 5. The summed E-state index contributed by atoms with van der Waals surface area (Å²) in [7, 11) is 4.30. The van der Waals surface area contributed by atoms with E-state index in [2.05, 4.69) is 59.4 Å². The SMILES string of the molecule is Cc1oncc1CN(C)C[C@@H]1OCCN(C)[C@H]1c1ccccc1. The molecule has 3 rings (SSSR count). The smallest absolute Gasteiger partial charge is 0.138 e. The van der Waals surface area contributed by atoms with Crippen LogP contribution in [0.25, 0.3) is 0 Å². The monoisotopic (exact) mass is 315 g/mol. The molecule has 0 amide bonds. The van der Waals surface area contributed by atoms with Gasteiger partial charge in [0.05, 0.1) is 24.9 Å². The molecular weight excluding hydrogens is 290 g/mol. The van der Waals surface area contributed by atoms with E-state index in [1.807, 2.05) is 6.92 Å². The van der Waals surface area contributed by atoms with Crippen LogP contribution < -0.4 is 0 Å². The Balaban J connectivity index is 1.70. The summed E-state index contributed by atoms with van der Waals surface area (Å²) in [5, 5.41) is 3.86. The minimum atomic E-state index is 0.154. The van der Waals surface area contributed by atoms with Gasteiger partial charge in [0, 0.05) is 25.2 Å². The summed E-state index contributed by atoms with van der Waals surface area (Å²) >= 11 is 0. The maximum Gasteiger partial charge on any atom is 0.138 e. The zero-order chi connectivity index (χ0) is 16.2. The first kappa shape index (κ1) is 16.2. The van der Waals surface area contributed by atoms with Crippen molar-refractivity contribution in [3.8, 4) is 0 Å². The first-order valence-corrected chi connectivity index (χ1v) is 8.10. The Morgan fingerprint density at radius 1 is 1.30 bits per heavy atom. The molecule has 2 heterocycles. The molecule has 124 valence electrons. The van der Waals surface area contributed by atoms with Crippen LogP contribution >= 0.6 is 0 Å². The Morgan fingerprint density at radius 2 is 2.09 bits per heavy atom. The van der Waals surface area contributed by atoms with Gasteiger partial charge in [-0.05, 0) is 26.6 Å². The fraction of sp³-hybridized carbons (Fsp3) is 0.500. The molecule has 0 saturated carbocycles. The van der Waals surface area contributed by atoms with E-state index in [-0.39, 0.29) is 12.1 Å². The zero-order valence-electron chi connectivity index (χ0n) is 14.1.